The molecule has 3 nitrogen and oxygen atoms in total. The first kappa shape index (κ1) is 12.0. The molecule has 2 aromatic rings. The lowest BCUT2D eigenvalue weighted by Crippen LogP contribution is -1.91. The SMILES string of the molecule is CCc1ccc(Oc2ccc(N)c(C#N)c2)cc1. The summed E-state index contributed by atoms with van der Waals surface area (Å²) < 4.78 is 5.67. The number of aryl methyl sites for hydroxylation is 1. The van der Waals surface area contributed by atoms with Crippen LogP contribution in [0.2, 0.25) is 0 Å². The second-order valence-corrected chi connectivity index (χ2v) is 3.96. The second-order valence-electron chi connectivity index (χ2n) is 3.96. The summed E-state index contributed by atoms with van der Waals surface area (Å²) in [6.45, 7) is 2.11. The van der Waals surface area contributed by atoms with Crippen molar-refractivity contribution in [1.82, 2.24) is 0 Å². The molecule has 0 fully saturated rings. The molecule has 0 amide bonds. The summed E-state index contributed by atoms with van der Waals surface area (Å²) in [4.78, 5) is 0. The molecule has 0 aliphatic carbocycles. The number of benzene rings is 2. The van der Waals surface area contributed by atoms with Gasteiger partial charge in [-0.3, -0.25) is 0 Å². The number of anilines is 1. The molecule has 0 bridgehead atoms. The molecule has 0 heterocycles. The number of nitrogens with two attached hydrogens (primary N) is 1. The minimum absolute atomic E-state index is 0.428. The molecule has 0 aliphatic heterocycles. The van der Waals surface area contributed by atoms with Gasteiger partial charge in [0.25, 0.3) is 0 Å². The average molecular weight is 238 g/mol. The Morgan fingerprint density at radius 3 is 2.39 bits per heavy atom. The Morgan fingerprint density at radius 2 is 1.78 bits per heavy atom. The summed E-state index contributed by atoms with van der Waals surface area (Å²) in [5, 5.41) is 8.89. The zero-order chi connectivity index (χ0) is 13.0. The van der Waals surface area contributed by atoms with Gasteiger partial charge in [0, 0.05) is 11.8 Å². The zero-order valence-corrected chi connectivity index (χ0v) is 10.2. The first-order chi connectivity index (χ1) is 8.72. The lowest BCUT2D eigenvalue weighted by molar-refractivity contribution is 0.482. The molecular weight excluding hydrogens is 224 g/mol. The molecule has 0 radical (unpaired) electrons. The van der Waals surface area contributed by atoms with Crippen LogP contribution in [0.3, 0.4) is 0 Å². The number of ether oxygens (including phenoxy) is 1. The molecule has 0 aromatic heterocycles. The maximum Gasteiger partial charge on any atom is 0.128 e. The normalized spacial score (nSPS) is 9.78. The lowest BCUT2D eigenvalue weighted by atomic mass is 10.1. The highest BCUT2D eigenvalue weighted by Crippen LogP contribution is 2.25. The van der Waals surface area contributed by atoms with Crippen molar-refractivity contribution in [3.05, 3.63) is 53.6 Å². The van der Waals surface area contributed by atoms with Gasteiger partial charge in [-0.15, -0.1) is 0 Å². The number of nitriles is 1. The zero-order valence-electron chi connectivity index (χ0n) is 10.2. The van der Waals surface area contributed by atoms with Crippen LogP contribution in [0.4, 0.5) is 5.69 Å². The van der Waals surface area contributed by atoms with Gasteiger partial charge in [0.05, 0.1) is 5.56 Å². The molecule has 0 atom stereocenters. The van der Waals surface area contributed by atoms with Crippen molar-refractivity contribution in [2.24, 2.45) is 0 Å². The van der Waals surface area contributed by atoms with Gasteiger partial charge in [0.15, 0.2) is 0 Å². The van der Waals surface area contributed by atoms with Crippen molar-refractivity contribution in [2.45, 2.75) is 13.3 Å². The summed E-state index contributed by atoms with van der Waals surface area (Å²) in [6.07, 6.45) is 1.00. The highest BCUT2D eigenvalue weighted by Gasteiger charge is 2.02. The average Bonchev–Trinajstić information content (AvgIpc) is 2.42. The third-order valence-electron chi connectivity index (χ3n) is 2.71. The van der Waals surface area contributed by atoms with Gasteiger partial charge in [0.2, 0.25) is 0 Å². The van der Waals surface area contributed by atoms with Crippen LogP contribution in [-0.4, -0.2) is 0 Å². The van der Waals surface area contributed by atoms with Gasteiger partial charge < -0.3 is 10.5 Å². The highest BCUT2D eigenvalue weighted by molar-refractivity contribution is 5.57. The van der Waals surface area contributed by atoms with Crippen LogP contribution in [0.5, 0.6) is 11.5 Å². The van der Waals surface area contributed by atoms with Crippen LogP contribution in [0.1, 0.15) is 18.1 Å². The highest BCUT2D eigenvalue weighted by atomic mass is 16.5. The molecule has 3 heteroatoms. The van der Waals surface area contributed by atoms with Gasteiger partial charge in [-0.2, -0.15) is 5.26 Å². The first-order valence-electron chi connectivity index (χ1n) is 5.79. The molecule has 2 N–H and O–H groups in total. The van der Waals surface area contributed by atoms with Crippen molar-refractivity contribution in [1.29, 1.82) is 5.26 Å². The minimum Gasteiger partial charge on any atom is -0.457 e. The topological polar surface area (TPSA) is 59.0 Å². The van der Waals surface area contributed by atoms with Gasteiger partial charge in [-0.05, 0) is 36.2 Å². The van der Waals surface area contributed by atoms with E-state index in [1.807, 2.05) is 30.3 Å². The monoisotopic (exact) mass is 238 g/mol. The van der Waals surface area contributed by atoms with Crippen molar-refractivity contribution >= 4 is 5.69 Å². The van der Waals surface area contributed by atoms with Crippen LogP contribution in [0.15, 0.2) is 42.5 Å². The third-order valence-corrected chi connectivity index (χ3v) is 2.71. The Hall–Kier alpha value is -2.47. The Balaban J connectivity index is 2.20. The Kier molecular flexibility index (Phi) is 3.49. The van der Waals surface area contributed by atoms with Crippen molar-refractivity contribution in [3.8, 4) is 17.6 Å². The predicted molar refractivity (Wildman–Crippen MR) is 71.5 cm³/mol. The smallest absolute Gasteiger partial charge is 0.128 e. The van der Waals surface area contributed by atoms with Crippen LogP contribution in [0.25, 0.3) is 0 Å². The van der Waals surface area contributed by atoms with E-state index in [4.69, 9.17) is 15.7 Å². The largest absolute Gasteiger partial charge is 0.457 e. The molecule has 0 unspecified atom stereocenters. The second kappa shape index (κ2) is 5.24. The Bertz CT molecular complexity index is 582. The van der Waals surface area contributed by atoms with E-state index in [0.29, 0.717) is 17.0 Å². The van der Waals surface area contributed by atoms with E-state index in [2.05, 4.69) is 6.92 Å². The fourth-order valence-electron chi connectivity index (χ4n) is 1.62. The summed E-state index contributed by atoms with van der Waals surface area (Å²) >= 11 is 0. The summed E-state index contributed by atoms with van der Waals surface area (Å²) in [5.41, 5.74) is 7.81. The molecule has 0 saturated heterocycles. The van der Waals surface area contributed by atoms with Crippen LogP contribution < -0.4 is 10.5 Å². The van der Waals surface area contributed by atoms with E-state index in [1.54, 1.807) is 18.2 Å². The van der Waals surface area contributed by atoms with Gasteiger partial charge in [-0.25, -0.2) is 0 Å². The summed E-state index contributed by atoms with van der Waals surface area (Å²) in [5.74, 6) is 1.37. The number of hydrogen-bond donors (Lipinski definition) is 1. The van der Waals surface area contributed by atoms with Crippen LogP contribution in [-0.2, 0) is 6.42 Å². The first-order valence-corrected chi connectivity index (χ1v) is 5.79. The maximum absolute atomic E-state index is 8.89. The van der Waals surface area contributed by atoms with E-state index < -0.39 is 0 Å². The van der Waals surface area contributed by atoms with E-state index in [-0.39, 0.29) is 0 Å². The number of rotatable bonds is 3. The van der Waals surface area contributed by atoms with Gasteiger partial charge in [0.1, 0.15) is 17.6 Å². The Labute approximate surface area is 106 Å². The van der Waals surface area contributed by atoms with Crippen molar-refractivity contribution in [3.63, 3.8) is 0 Å². The van der Waals surface area contributed by atoms with E-state index in [9.17, 15) is 0 Å². The van der Waals surface area contributed by atoms with E-state index in [0.717, 1.165) is 12.2 Å². The maximum atomic E-state index is 8.89. The fourth-order valence-corrected chi connectivity index (χ4v) is 1.62. The Morgan fingerprint density at radius 1 is 1.11 bits per heavy atom. The number of hydrogen-bond acceptors (Lipinski definition) is 3. The fraction of sp³-hybridized carbons (Fsp3) is 0.133. The van der Waals surface area contributed by atoms with Crippen LogP contribution in [0, 0.1) is 11.3 Å². The number of nitrogen functional groups attached to an aromatic ring is 1. The van der Waals surface area contributed by atoms with Gasteiger partial charge >= 0.3 is 0 Å². The molecule has 2 rings (SSSR count). The molecule has 2 aromatic carbocycles. The molecule has 0 aliphatic rings. The molecule has 18 heavy (non-hydrogen) atoms. The number of nitrogens with zero attached hydrogens (tertiary/aromatic N) is 1. The van der Waals surface area contributed by atoms with Gasteiger partial charge in [-0.1, -0.05) is 19.1 Å². The van der Waals surface area contributed by atoms with E-state index in [1.165, 1.54) is 5.56 Å². The molecule has 90 valence electrons. The minimum atomic E-state index is 0.428. The standard InChI is InChI=1S/C15H14N2O/c1-2-11-3-5-13(6-4-11)18-14-7-8-15(17)12(9-14)10-16/h3-9H,2,17H2,1H3. The molecule has 0 saturated carbocycles. The third kappa shape index (κ3) is 2.61. The molecule has 0 spiro atoms. The summed E-state index contributed by atoms with van der Waals surface area (Å²) in [7, 11) is 0. The quantitative estimate of drug-likeness (QED) is 0.832. The lowest BCUT2D eigenvalue weighted by Gasteiger charge is -2.07. The predicted octanol–water partition coefficient (Wildman–Crippen LogP) is 3.50. The van der Waals surface area contributed by atoms with Crippen molar-refractivity contribution < 1.29 is 4.74 Å². The van der Waals surface area contributed by atoms with E-state index >= 15 is 0 Å². The van der Waals surface area contributed by atoms with Crippen LogP contribution >= 0.6 is 0 Å². The van der Waals surface area contributed by atoms with Crippen molar-refractivity contribution in [2.75, 3.05) is 5.73 Å². The molecular formula is C15H14N2O. The summed E-state index contributed by atoms with van der Waals surface area (Å²) in [6, 6.07) is 15.0.